The molecule has 0 bridgehead atoms. The first-order valence-electron chi connectivity index (χ1n) is 12.4. The number of alkyl halides is 3. The van der Waals surface area contributed by atoms with Gasteiger partial charge in [0.05, 0.1) is 12.2 Å². The molecule has 1 aliphatic heterocycles. The number of rotatable bonds is 6. The lowest BCUT2D eigenvalue weighted by molar-refractivity contribution is -0.174. The van der Waals surface area contributed by atoms with Crippen LogP contribution in [0.3, 0.4) is 0 Å². The van der Waals surface area contributed by atoms with Gasteiger partial charge in [-0.2, -0.15) is 18.3 Å². The van der Waals surface area contributed by atoms with Crippen molar-refractivity contribution < 1.29 is 32.3 Å². The van der Waals surface area contributed by atoms with Crippen molar-refractivity contribution in [2.75, 3.05) is 28.6 Å². The Kier molecular flexibility index (Phi) is 8.44. The highest BCUT2D eigenvalue weighted by molar-refractivity contribution is 9.11. The molecule has 0 radical (unpaired) electrons. The van der Waals surface area contributed by atoms with Gasteiger partial charge in [-0.15, -0.1) is 0 Å². The molecule has 39 heavy (non-hydrogen) atoms. The molecule has 2 aliphatic rings. The van der Waals surface area contributed by atoms with E-state index in [1.165, 1.54) is 6.20 Å². The lowest BCUT2D eigenvalue weighted by atomic mass is 10.1. The van der Waals surface area contributed by atoms with Gasteiger partial charge in [0.2, 0.25) is 0 Å². The third-order valence-corrected chi connectivity index (χ3v) is 7.38. The molecule has 0 spiro atoms. The van der Waals surface area contributed by atoms with E-state index in [2.05, 4.69) is 42.0 Å². The highest BCUT2D eigenvalue weighted by Crippen LogP contribution is 2.41. The molecule has 16 heteroatoms. The van der Waals surface area contributed by atoms with E-state index < -0.39 is 35.7 Å². The monoisotopic (exact) mass is 635 g/mol. The largest absolute Gasteiger partial charge is 0.471 e. The Morgan fingerprint density at radius 2 is 1.82 bits per heavy atom. The van der Waals surface area contributed by atoms with Gasteiger partial charge in [0.25, 0.3) is 5.91 Å². The molecule has 1 saturated carbocycles. The SMILES string of the molecule is CC(C)(C)OC(=O)Nc1sc(Br)nc1C(=O)Nc1cnn(C2CC2)c1N1CCCC(NC(=O)C(F)(F)F)CC1. The summed E-state index contributed by atoms with van der Waals surface area (Å²) in [6.07, 6.45) is -1.07. The fourth-order valence-corrected chi connectivity index (χ4v) is 5.51. The van der Waals surface area contributed by atoms with E-state index in [9.17, 15) is 27.6 Å². The molecule has 3 heterocycles. The van der Waals surface area contributed by atoms with E-state index in [1.54, 1.807) is 20.8 Å². The summed E-state index contributed by atoms with van der Waals surface area (Å²) in [7, 11) is 0. The maximum atomic E-state index is 13.3. The Morgan fingerprint density at radius 3 is 2.46 bits per heavy atom. The Labute approximate surface area is 235 Å². The van der Waals surface area contributed by atoms with Crippen LogP contribution < -0.4 is 20.9 Å². The van der Waals surface area contributed by atoms with Gasteiger partial charge in [-0.25, -0.2) is 14.5 Å². The average Bonchev–Trinajstić information content (AvgIpc) is 3.52. The summed E-state index contributed by atoms with van der Waals surface area (Å²) >= 11 is 4.31. The van der Waals surface area contributed by atoms with Gasteiger partial charge in [-0.1, -0.05) is 11.3 Å². The highest BCUT2D eigenvalue weighted by Gasteiger charge is 2.40. The lowest BCUT2D eigenvalue weighted by Gasteiger charge is -2.25. The number of nitrogens with one attached hydrogen (secondary N) is 3. The van der Waals surface area contributed by atoms with Crippen LogP contribution in [0.1, 0.15) is 69.4 Å². The van der Waals surface area contributed by atoms with Crippen LogP contribution in [0.4, 0.5) is 34.5 Å². The molecular weight excluding hydrogens is 607 g/mol. The summed E-state index contributed by atoms with van der Waals surface area (Å²) in [5.41, 5.74) is -0.340. The zero-order chi connectivity index (χ0) is 28.5. The molecule has 2 aromatic heterocycles. The van der Waals surface area contributed by atoms with Crippen LogP contribution >= 0.6 is 27.3 Å². The van der Waals surface area contributed by atoms with Crippen LogP contribution in [0.2, 0.25) is 0 Å². The number of amides is 3. The van der Waals surface area contributed by atoms with Gasteiger partial charge >= 0.3 is 18.2 Å². The number of carbonyl (C=O) groups is 3. The van der Waals surface area contributed by atoms with E-state index >= 15 is 0 Å². The molecule has 3 N–H and O–H groups in total. The quantitative estimate of drug-likeness (QED) is 0.404. The van der Waals surface area contributed by atoms with Crippen molar-refractivity contribution in [1.82, 2.24) is 20.1 Å². The second kappa shape index (κ2) is 11.3. The highest BCUT2D eigenvalue weighted by atomic mass is 79.9. The summed E-state index contributed by atoms with van der Waals surface area (Å²) in [5, 5.41) is 12.1. The molecule has 0 aromatic carbocycles. The second-order valence-corrected chi connectivity index (χ2v) is 12.6. The summed E-state index contributed by atoms with van der Waals surface area (Å²) < 4.78 is 45.7. The topological polar surface area (TPSA) is 130 Å². The van der Waals surface area contributed by atoms with Crippen molar-refractivity contribution in [2.45, 2.75) is 76.7 Å². The minimum atomic E-state index is -4.93. The summed E-state index contributed by atoms with van der Waals surface area (Å²) in [6.45, 7) is 6.02. The Hall–Kier alpha value is -2.88. The number of anilines is 3. The molecule has 1 saturated heterocycles. The average molecular weight is 636 g/mol. The molecule has 2 fully saturated rings. The normalized spacial score (nSPS) is 18.3. The van der Waals surface area contributed by atoms with Crippen LogP contribution in [-0.2, 0) is 9.53 Å². The minimum absolute atomic E-state index is 0.0198. The van der Waals surface area contributed by atoms with Gasteiger partial charge < -0.3 is 20.3 Å². The second-order valence-electron chi connectivity index (χ2n) is 10.4. The molecule has 1 atom stereocenters. The molecule has 11 nitrogen and oxygen atoms in total. The summed E-state index contributed by atoms with van der Waals surface area (Å²) in [4.78, 5) is 43.2. The van der Waals surface area contributed by atoms with Gasteiger partial charge in [0.15, 0.2) is 15.4 Å². The number of halogens is 4. The van der Waals surface area contributed by atoms with Gasteiger partial charge in [-0.05, 0) is 68.8 Å². The maximum absolute atomic E-state index is 13.3. The van der Waals surface area contributed by atoms with E-state index in [4.69, 9.17) is 4.74 Å². The predicted octanol–water partition coefficient (Wildman–Crippen LogP) is 5.07. The van der Waals surface area contributed by atoms with Gasteiger partial charge in [0.1, 0.15) is 16.3 Å². The fourth-order valence-electron chi connectivity index (χ4n) is 4.18. The number of thiazole rings is 1. The molecule has 2 aromatic rings. The van der Waals surface area contributed by atoms with Crippen molar-refractivity contribution in [1.29, 1.82) is 0 Å². The molecule has 4 rings (SSSR count). The molecule has 3 amide bonds. The molecule has 1 unspecified atom stereocenters. The van der Waals surface area contributed by atoms with Crippen LogP contribution in [0.25, 0.3) is 0 Å². The zero-order valence-electron chi connectivity index (χ0n) is 21.5. The Balaban J connectivity index is 1.51. The first-order valence-corrected chi connectivity index (χ1v) is 14.0. The van der Waals surface area contributed by atoms with Crippen molar-refractivity contribution >= 4 is 61.7 Å². The smallest absolute Gasteiger partial charge is 0.444 e. The van der Waals surface area contributed by atoms with Gasteiger partial charge in [0, 0.05) is 19.1 Å². The first kappa shape index (κ1) is 29.1. The van der Waals surface area contributed by atoms with Crippen LogP contribution in [-0.4, -0.2) is 63.6 Å². The molecule has 214 valence electrons. The third-order valence-electron chi connectivity index (χ3n) is 5.96. The summed E-state index contributed by atoms with van der Waals surface area (Å²) in [6, 6.07) is -0.458. The minimum Gasteiger partial charge on any atom is -0.444 e. The van der Waals surface area contributed by atoms with Crippen LogP contribution in [0.15, 0.2) is 10.1 Å². The van der Waals surface area contributed by atoms with Crippen LogP contribution in [0.5, 0.6) is 0 Å². The number of carbonyl (C=O) groups excluding carboxylic acids is 3. The molecule has 1 aliphatic carbocycles. The van der Waals surface area contributed by atoms with Crippen molar-refractivity contribution in [3.05, 3.63) is 15.8 Å². The zero-order valence-corrected chi connectivity index (χ0v) is 23.9. The van der Waals surface area contributed by atoms with Gasteiger partial charge in [-0.3, -0.25) is 14.9 Å². The van der Waals surface area contributed by atoms with Crippen LogP contribution in [0, 0.1) is 0 Å². The van der Waals surface area contributed by atoms with Crippen molar-refractivity contribution in [2.24, 2.45) is 0 Å². The lowest BCUT2D eigenvalue weighted by Crippen LogP contribution is -2.43. The Bertz CT molecular complexity index is 1240. The van der Waals surface area contributed by atoms with Crippen molar-refractivity contribution in [3.63, 3.8) is 0 Å². The van der Waals surface area contributed by atoms with Crippen molar-refractivity contribution in [3.8, 4) is 0 Å². The maximum Gasteiger partial charge on any atom is 0.471 e. The molecular formula is C23H29BrF3N7O4S. The number of ether oxygens (including phenoxy) is 1. The summed E-state index contributed by atoms with van der Waals surface area (Å²) in [5.74, 6) is -1.88. The van der Waals surface area contributed by atoms with E-state index in [0.29, 0.717) is 47.8 Å². The number of hydrogen-bond donors (Lipinski definition) is 3. The standard InChI is InChI=1S/C23H29BrF3N7O4S/c1-22(2,3)38-21(37)32-17-15(31-20(24)39-17)16(35)30-14-11-28-34(13-6-7-13)18(14)33-9-4-5-12(8-10-33)29-19(36)23(25,26)27/h11-13H,4-10H2,1-3H3,(H,29,36)(H,30,35)(H,32,37). The first-order chi connectivity index (χ1) is 18.2. The van der Waals surface area contributed by atoms with E-state index in [0.717, 1.165) is 24.2 Å². The Morgan fingerprint density at radius 1 is 1.10 bits per heavy atom. The predicted molar refractivity (Wildman–Crippen MR) is 142 cm³/mol. The number of nitrogens with zero attached hydrogens (tertiary/aromatic N) is 4. The third kappa shape index (κ3) is 7.62. The van der Waals surface area contributed by atoms with E-state index in [1.807, 2.05) is 9.58 Å². The number of hydrogen-bond acceptors (Lipinski definition) is 8. The van der Waals surface area contributed by atoms with E-state index in [-0.39, 0.29) is 16.7 Å². The number of aromatic nitrogens is 3. The fraction of sp³-hybridized carbons (Fsp3) is 0.609.